The maximum Gasteiger partial charge on any atom is 0.250 e. The predicted molar refractivity (Wildman–Crippen MR) is 88.4 cm³/mol. The summed E-state index contributed by atoms with van der Waals surface area (Å²) < 4.78 is 1.83. The SMILES string of the molecule is CC(=O)N1CCN(C(=O)C2(n3cccn3)CCNCC2)CC1.Cl. The Morgan fingerprint density at radius 1 is 1.09 bits per heavy atom. The fourth-order valence-electron chi connectivity index (χ4n) is 3.42. The highest BCUT2D eigenvalue weighted by Gasteiger charge is 2.44. The zero-order valence-corrected chi connectivity index (χ0v) is 14.2. The molecule has 8 heteroatoms. The van der Waals surface area contributed by atoms with Gasteiger partial charge in [0.05, 0.1) is 0 Å². The molecule has 2 saturated heterocycles. The standard InChI is InChI=1S/C15H23N5O2.ClH/c1-13(21)18-9-11-19(12-10-18)14(22)15(3-6-16-7-4-15)20-8-2-5-17-20;/h2,5,8,16H,3-4,6-7,9-12H2,1H3;1H. The minimum atomic E-state index is -0.576. The summed E-state index contributed by atoms with van der Waals surface area (Å²) in [7, 11) is 0. The number of rotatable bonds is 2. The first-order valence-electron chi connectivity index (χ1n) is 7.89. The van der Waals surface area contributed by atoms with Crippen LogP contribution in [0.2, 0.25) is 0 Å². The van der Waals surface area contributed by atoms with E-state index in [0.717, 1.165) is 25.9 Å². The number of carbonyl (C=O) groups excluding carboxylic acids is 2. The van der Waals surface area contributed by atoms with Crippen LogP contribution in [0.5, 0.6) is 0 Å². The van der Waals surface area contributed by atoms with Gasteiger partial charge in [-0.2, -0.15) is 5.10 Å². The molecule has 2 fully saturated rings. The van der Waals surface area contributed by atoms with Crippen molar-refractivity contribution in [2.24, 2.45) is 0 Å². The molecule has 2 amide bonds. The molecule has 0 aromatic carbocycles. The molecular weight excluding hydrogens is 318 g/mol. The molecule has 2 aliphatic heterocycles. The van der Waals surface area contributed by atoms with Gasteiger partial charge < -0.3 is 15.1 Å². The van der Waals surface area contributed by atoms with E-state index in [9.17, 15) is 9.59 Å². The van der Waals surface area contributed by atoms with Gasteiger partial charge in [-0.25, -0.2) is 0 Å². The molecule has 0 spiro atoms. The number of nitrogens with zero attached hydrogens (tertiary/aromatic N) is 4. The highest BCUT2D eigenvalue weighted by molar-refractivity contribution is 5.85. The number of hydrogen-bond acceptors (Lipinski definition) is 4. The monoisotopic (exact) mass is 341 g/mol. The minimum absolute atomic E-state index is 0. The Labute approximate surface area is 142 Å². The second-order valence-corrected chi connectivity index (χ2v) is 6.03. The molecule has 7 nitrogen and oxygen atoms in total. The zero-order chi connectivity index (χ0) is 15.6. The molecule has 0 radical (unpaired) electrons. The third-order valence-electron chi connectivity index (χ3n) is 4.78. The van der Waals surface area contributed by atoms with E-state index >= 15 is 0 Å². The van der Waals surface area contributed by atoms with E-state index in [-0.39, 0.29) is 24.2 Å². The van der Waals surface area contributed by atoms with Crippen molar-refractivity contribution in [3.8, 4) is 0 Å². The minimum Gasteiger partial charge on any atom is -0.339 e. The number of piperazine rings is 1. The van der Waals surface area contributed by atoms with Crippen molar-refractivity contribution in [1.29, 1.82) is 0 Å². The first-order chi connectivity index (χ1) is 10.6. The lowest BCUT2D eigenvalue weighted by molar-refractivity contribution is -0.147. The van der Waals surface area contributed by atoms with Crippen LogP contribution < -0.4 is 5.32 Å². The number of halogens is 1. The summed E-state index contributed by atoms with van der Waals surface area (Å²) >= 11 is 0. The van der Waals surface area contributed by atoms with E-state index in [1.165, 1.54) is 0 Å². The van der Waals surface area contributed by atoms with Crippen molar-refractivity contribution in [2.75, 3.05) is 39.3 Å². The second-order valence-electron chi connectivity index (χ2n) is 6.03. The van der Waals surface area contributed by atoms with Gasteiger partial charge in [0, 0.05) is 45.5 Å². The maximum absolute atomic E-state index is 13.2. The predicted octanol–water partition coefficient (Wildman–Crippen LogP) is 0.0743. The number of nitrogens with one attached hydrogen (secondary N) is 1. The van der Waals surface area contributed by atoms with Crippen molar-refractivity contribution in [3.63, 3.8) is 0 Å². The summed E-state index contributed by atoms with van der Waals surface area (Å²) in [4.78, 5) is 28.3. The van der Waals surface area contributed by atoms with E-state index in [4.69, 9.17) is 0 Å². The van der Waals surface area contributed by atoms with Crippen LogP contribution in [0.15, 0.2) is 18.5 Å². The van der Waals surface area contributed by atoms with E-state index in [1.807, 2.05) is 21.8 Å². The summed E-state index contributed by atoms with van der Waals surface area (Å²) in [6.07, 6.45) is 5.11. The van der Waals surface area contributed by atoms with E-state index in [2.05, 4.69) is 10.4 Å². The van der Waals surface area contributed by atoms with Crippen LogP contribution >= 0.6 is 12.4 Å². The maximum atomic E-state index is 13.2. The van der Waals surface area contributed by atoms with Crippen LogP contribution in [-0.4, -0.2) is 70.7 Å². The second kappa shape index (κ2) is 7.31. The smallest absolute Gasteiger partial charge is 0.250 e. The van der Waals surface area contributed by atoms with Gasteiger partial charge in [-0.1, -0.05) is 0 Å². The van der Waals surface area contributed by atoms with Gasteiger partial charge in [0.15, 0.2) is 0 Å². The Kier molecular flexibility index (Phi) is 5.64. The van der Waals surface area contributed by atoms with Crippen LogP contribution in [0.4, 0.5) is 0 Å². The summed E-state index contributed by atoms with van der Waals surface area (Å²) in [6, 6.07) is 1.87. The van der Waals surface area contributed by atoms with Crippen LogP contribution in [0.25, 0.3) is 0 Å². The number of aromatic nitrogens is 2. The van der Waals surface area contributed by atoms with Crippen LogP contribution in [0.3, 0.4) is 0 Å². The largest absolute Gasteiger partial charge is 0.339 e. The topological polar surface area (TPSA) is 70.5 Å². The molecular formula is C15H24ClN5O2. The van der Waals surface area contributed by atoms with E-state index < -0.39 is 5.54 Å². The summed E-state index contributed by atoms with van der Waals surface area (Å²) in [5, 5.41) is 7.66. The quantitative estimate of drug-likeness (QED) is 0.826. The Balaban J connectivity index is 0.00000192. The number of hydrogen-bond donors (Lipinski definition) is 1. The van der Waals surface area contributed by atoms with Crippen molar-refractivity contribution in [3.05, 3.63) is 18.5 Å². The third kappa shape index (κ3) is 3.35. The van der Waals surface area contributed by atoms with Gasteiger partial charge in [0.25, 0.3) is 5.91 Å². The van der Waals surface area contributed by atoms with Gasteiger partial charge in [0.2, 0.25) is 5.91 Å². The normalized spacial score (nSPS) is 20.7. The van der Waals surface area contributed by atoms with Crippen molar-refractivity contribution in [1.82, 2.24) is 24.9 Å². The average molecular weight is 342 g/mol. The Bertz CT molecular complexity index is 534. The lowest BCUT2D eigenvalue weighted by atomic mass is 9.86. The lowest BCUT2D eigenvalue weighted by Gasteiger charge is -2.42. The summed E-state index contributed by atoms with van der Waals surface area (Å²) in [6.45, 7) is 5.67. The molecule has 0 saturated carbocycles. The lowest BCUT2D eigenvalue weighted by Crippen LogP contribution is -2.59. The van der Waals surface area contributed by atoms with Gasteiger partial charge in [-0.15, -0.1) is 12.4 Å². The van der Waals surface area contributed by atoms with Gasteiger partial charge in [0.1, 0.15) is 5.54 Å². The molecule has 1 N–H and O–H groups in total. The molecule has 23 heavy (non-hydrogen) atoms. The molecule has 3 rings (SSSR count). The van der Waals surface area contributed by atoms with Crippen LogP contribution in [0, 0.1) is 0 Å². The Hall–Kier alpha value is -1.60. The van der Waals surface area contributed by atoms with E-state index in [1.54, 1.807) is 18.0 Å². The average Bonchev–Trinajstić information content (AvgIpc) is 3.10. The first kappa shape index (κ1) is 17.7. The Morgan fingerprint density at radius 3 is 2.22 bits per heavy atom. The molecule has 0 atom stereocenters. The number of piperidine rings is 1. The zero-order valence-electron chi connectivity index (χ0n) is 13.4. The van der Waals surface area contributed by atoms with Gasteiger partial charge in [-0.05, 0) is 32.0 Å². The van der Waals surface area contributed by atoms with Crippen molar-refractivity contribution < 1.29 is 9.59 Å². The number of carbonyl (C=O) groups is 2. The number of amides is 2. The fourth-order valence-corrected chi connectivity index (χ4v) is 3.42. The van der Waals surface area contributed by atoms with Crippen LogP contribution in [-0.2, 0) is 15.1 Å². The summed E-state index contributed by atoms with van der Waals surface area (Å²) in [5.41, 5.74) is -0.576. The first-order valence-corrected chi connectivity index (χ1v) is 7.89. The van der Waals surface area contributed by atoms with Crippen molar-refractivity contribution in [2.45, 2.75) is 25.3 Å². The fraction of sp³-hybridized carbons (Fsp3) is 0.667. The highest BCUT2D eigenvalue weighted by atomic mass is 35.5. The van der Waals surface area contributed by atoms with Crippen LogP contribution in [0.1, 0.15) is 19.8 Å². The molecule has 1 aromatic heterocycles. The van der Waals surface area contributed by atoms with Gasteiger partial charge >= 0.3 is 0 Å². The van der Waals surface area contributed by atoms with Crippen molar-refractivity contribution >= 4 is 24.2 Å². The summed E-state index contributed by atoms with van der Waals surface area (Å²) in [5.74, 6) is 0.219. The molecule has 0 aliphatic carbocycles. The van der Waals surface area contributed by atoms with Gasteiger partial charge in [-0.3, -0.25) is 14.3 Å². The molecule has 0 bridgehead atoms. The van der Waals surface area contributed by atoms with E-state index in [0.29, 0.717) is 26.2 Å². The Morgan fingerprint density at radius 2 is 1.70 bits per heavy atom. The third-order valence-corrected chi connectivity index (χ3v) is 4.78. The highest BCUT2D eigenvalue weighted by Crippen LogP contribution is 2.29. The molecule has 128 valence electrons. The molecule has 0 unspecified atom stereocenters. The molecule has 2 aliphatic rings. The molecule has 1 aromatic rings. The molecule has 3 heterocycles.